The highest BCUT2D eigenvalue weighted by Gasteiger charge is 2.28. The highest BCUT2D eigenvalue weighted by Crippen LogP contribution is 2.26. The van der Waals surface area contributed by atoms with Gasteiger partial charge in [0, 0.05) is 17.8 Å². The molecular formula is C34H48N4O7. The van der Waals surface area contributed by atoms with E-state index in [0.717, 1.165) is 5.56 Å². The molecule has 11 heteroatoms. The lowest BCUT2D eigenvalue weighted by Gasteiger charge is -2.23. The van der Waals surface area contributed by atoms with Crippen LogP contribution in [0.4, 0.5) is 16.2 Å². The third kappa shape index (κ3) is 13.8. The van der Waals surface area contributed by atoms with E-state index in [0.29, 0.717) is 36.2 Å². The Bertz CT molecular complexity index is 1300. The zero-order chi connectivity index (χ0) is 33.7. The SMILES string of the molecule is Cc1ccc(NC(=O)Nc2ccc(C(CC(C)C)C(=O)NC(CCCCC(NC(=O)CC(C)(C)C)C(=O)O)C(=O)O)cc2)cc1. The van der Waals surface area contributed by atoms with Crippen molar-refractivity contribution < 1.29 is 34.2 Å². The molecule has 0 bridgehead atoms. The number of carboxylic acids is 2. The molecule has 3 unspecified atom stereocenters. The molecule has 2 aromatic rings. The molecule has 0 aromatic heterocycles. The van der Waals surface area contributed by atoms with Gasteiger partial charge in [-0.2, -0.15) is 0 Å². The number of hydrogen-bond donors (Lipinski definition) is 6. The summed E-state index contributed by atoms with van der Waals surface area (Å²) in [5, 5.41) is 30.1. The normalized spacial score (nSPS) is 13.3. The number of carbonyl (C=O) groups excluding carboxylic acids is 3. The average molecular weight is 625 g/mol. The van der Waals surface area contributed by atoms with Crippen LogP contribution in [-0.2, 0) is 19.2 Å². The maximum Gasteiger partial charge on any atom is 0.326 e. The Balaban J connectivity index is 1.98. The number of carbonyl (C=O) groups is 5. The van der Waals surface area contributed by atoms with E-state index >= 15 is 0 Å². The summed E-state index contributed by atoms with van der Waals surface area (Å²) >= 11 is 0. The fraction of sp³-hybridized carbons (Fsp3) is 0.500. The van der Waals surface area contributed by atoms with Crippen molar-refractivity contribution in [3.8, 4) is 0 Å². The molecule has 0 aliphatic heterocycles. The summed E-state index contributed by atoms with van der Waals surface area (Å²) in [6.45, 7) is 11.6. The predicted molar refractivity (Wildman–Crippen MR) is 174 cm³/mol. The van der Waals surface area contributed by atoms with Crippen molar-refractivity contribution in [2.75, 3.05) is 10.6 Å². The van der Waals surface area contributed by atoms with Gasteiger partial charge in [0.05, 0.1) is 5.92 Å². The van der Waals surface area contributed by atoms with Gasteiger partial charge in [0.25, 0.3) is 0 Å². The number of aryl methyl sites for hydroxylation is 1. The quantitative estimate of drug-likeness (QED) is 0.126. The molecule has 0 fully saturated rings. The van der Waals surface area contributed by atoms with E-state index in [-0.39, 0.29) is 36.5 Å². The molecule has 3 atom stereocenters. The first-order valence-corrected chi connectivity index (χ1v) is 15.3. The maximum atomic E-state index is 13.4. The lowest BCUT2D eigenvalue weighted by atomic mass is 9.89. The molecule has 0 spiro atoms. The van der Waals surface area contributed by atoms with Crippen molar-refractivity contribution in [2.24, 2.45) is 11.3 Å². The van der Waals surface area contributed by atoms with Gasteiger partial charge in [0.1, 0.15) is 12.1 Å². The van der Waals surface area contributed by atoms with Crippen LogP contribution in [0.25, 0.3) is 0 Å². The molecular weight excluding hydrogens is 576 g/mol. The fourth-order valence-electron chi connectivity index (χ4n) is 4.81. The molecule has 0 saturated carbocycles. The number of anilines is 2. The lowest BCUT2D eigenvalue weighted by molar-refractivity contribution is -0.143. The molecule has 2 rings (SSSR count). The van der Waals surface area contributed by atoms with E-state index in [4.69, 9.17) is 0 Å². The highest BCUT2D eigenvalue weighted by atomic mass is 16.4. The number of hydrogen-bond acceptors (Lipinski definition) is 5. The van der Waals surface area contributed by atoms with Crippen molar-refractivity contribution in [3.05, 3.63) is 59.7 Å². The van der Waals surface area contributed by atoms with Gasteiger partial charge >= 0.3 is 18.0 Å². The number of benzene rings is 2. The van der Waals surface area contributed by atoms with Crippen LogP contribution in [0.5, 0.6) is 0 Å². The van der Waals surface area contributed by atoms with Crippen molar-refractivity contribution in [3.63, 3.8) is 0 Å². The van der Waals surface area contributed by atoms with Gasteiger partial charge in [-0.15, -0.1) is 0 Å². The number of amides is 4. The second-order valence-corrected chi connectivity index (χ2v) is 13.1. The van der Waals surface area contributed by atoms with E-state index < -0.39 is 41.9 Å². The number of urea groups is 1. The molecule has 246 valence electrons. The van der Waals surface area contributed by atoms with Crippen LogP contribution in [0.3, 0.4) is 0 Å². The summed E-state index contributed by atoms with van der Waals surface area (Å²) in [7, 11) is 0. The van der Waals surface area contributed by atoms with Gasteiger partial charge < -0.3 is 31.5 Å². The standard InChI is InChI=1S/C34H48N4O7/c1-21(2)19-26(23-13-17-25(18-14-23)36-33(45)35-24-15-11-22(3)12-16-24)30(40)38-28(32(43)44)10-8-7-9-27(31(41)42)37-29(39)20-34(4,5)6/h11-18,21,26-28H,7-10,19-20H2,1-6H3,(H,37,39)(H,38,40)(H,41,42)(H,43,44)(H2,35,36,45). The molecule has 0 heterocycles. The Kier molecular flexibility index (Phi) is 14.0. The van der Waals surface area contributed by atoms with E-state index in [9.17, 15) is 34.2 Å². The van der Waals surface area contributed by atoms with Crippen LogP contribution < -0.4 is 21.3 Å². The zero-order valence-corrected chi connectivity index (χ0v) is 27.1. The first kappa shape index (κ1) is 36.8. The molecule has 0 saturated heterocycles. The summed E-state index contributed by atoms with van der Waals surface area (Å²) in [4.78, 5) is 61.6. The Morgan fingerprint density at radius 3 is 1.64 bits per heavy atom. The minimum atomic E-state index is -1.18. The lowest BCUT2D eigenvalue weighted by Crippen LogP contribution is -2.43. The van der Waals surface area contributed by atoms with E-state index in [2.05, 4.69) is 21.3 Å². The molecule has 2 aromatic carbocycles. The minimum Gasteiger partial charge on any atom is -0.480 e. The molecule has 11 nitrogen and oxygen atoms in total. The van der Waals surface area contributed by atoms with E-state index in [1.165, 1.54) is 0 Å². The van der Waals surface area contributed by atoms with E-state index in [1.807, 2.05) is 53.7 Å². The molecule has 6 N–H and O–H groups in total. The first-order chi connectivity index (χ1) is 21.0. The number of rotatable bonds is 16. The maximum absolute atomic E-state index is 13.4. The van der Waals surface area contributed by atoms with Crippen LogP contribution in [-0.4, -0.2) is 52.1 Å². The van der Waals surface area contributed by atoms with Crippen LogP contribution >= 0.6 is 0 Å². The molecule has 0 aliphatic rings. The molecule has 0 aliphatic carbocycles. The summed E-state index contributed by atoms with van der Waals surface area (Å²) < 4.78 is 0. The predicted octanol–water partition coefficient (Wildman–Crippen LogP) is 5.90. The van der Waals surface area contributed by atoms with Crippen molar-refractivity contribution in [1.29, 1.82) is 0 Å². The summed E-state index contributed by atoms with van der Waals surface area (Å²) in [5.74, 6) is -3.58. The Hall–Kier alpha value is -4.41. The average Bonchev–Trinajstić information content (AvgIpc) is 2.93. The van der Waals surface area contributed by atoms with Gasteiger partial charge in [-0.25, -0.2) is 14.4 Å². The molecule has 4 amide bonds. The van der Waals surface area contributed by atoms with Gasteiger partial charge in [0.2, 0.25) is 11.8 Å². The largest absolute Gasteiger partial charge is 0.480 e. The van der Waals surface area contributed by atoms with E-state index in [1.54, 1.807) is 36.4 Å². The number of aliphatic carboxylic acids is 2. The number of unbranched alkanes of at least 4 members (excludes halogenated alkanes) is 1. The molecule has 0 radical (unpaired) electrons. The monoisotopic (exact) mass is 624 g/mol. The van der Waals surface area contributed by atoms with Gasteiger partial charge in [-0.1, -0.05) is 77.3 Å². The summed E-state index contributed by atoms with van der Waals surface area (Å²) in [5.41, 5.74) is 2.66. The fourth-order valence-corrected chi connectivity index (χ4v) is 4.81. The topological polar surface area (TPSA) is 174 Å². The van der Waals surface area contributed by atoms with Crippen molar-refractivity contribution in [2.45, 2.75) is 98.1 Å². The Labute approximate surface area is 265 Å². The van der Waals surface area contributed by atoms with Crippen molar-refractivity contribution >= 4 is 41.2 Å². The van der Waals surface area contributed by atoms with Crippen LogP contribution in [0.15, 0.2) is 48.5 Å². The molecule has 45 heavy (non-hydrogen) atoms. The Morgan fingerprint density at radius 1 is 0.733 bits per heavy atom. The minimum absolute atomic E-state index is 0.108. The number of carboxylic acid groups (broad SMARTS) is 2. The van der Waals surface area contributed by atoms with Gasteiger partial charge in [-0.05, 0) is 67.3 Å². The number of nitrogens with one attached hydrogen (secondary N) is 4. The second-order valence-electron chi connectivity index (χ2n) is 13.1. The zero-order valence-electron chi connectivity index (χ0n) is 27.1. The van der Waals surface area contributed by atoms with Gasteiger partial charge in [0.15, 0.2) is 0 Å². The van der Waals surface area contributed by atoms with Crippen LogP contribution in [0.1, 0.15) is 90.2 Å². The third-order valence-corrected chi connectivity index (χ3v) is 7.08. The summed E-state index contributed by atoms with van der Waals surface area (Å²) in [6.07, 6.45) is 1.61. The smallest absolute Gasteiger partial charge is 0.326 e. The van der Waals surface area contributed by atoms with Crippen molar-refractivity contribution in [1.82, 2.24) is 10.6 Å². The third-order valence-electron chi connectivity index (χ3n) is 7.08. The Morgan fingerprint density at radius 2 is 1.20 bits per heavy atom. The van der Waals surface area contributed by atoms with Crippen LogP contribution in [0, 0.1) is 18.3 Å². The van der Waals surface area contributed by atoms with Crippen LogP contribution in [0.2, 0.25) is 0 Å². The summed E-state index contributed by atoms with van der Waals surface area (Å²) in [6, 6.07) is 11.6. The van der Waals surface area contributed by atoms with Gasteiger partial charge in [-0.3, -0.25) is 9.59 Å². The highest BCUT2D eigenvalue weighted by molar-refractivity contribution is 5.99. The first-order valence-electron chi connectivity index (χ1n) is 15.3. The second kappa shape index (κ2) is 17.2.